The number of hydrogen-bond donors (Lipinski definition) is 1. The Kier molecular flexibility index (Phi) is 5.64. The summed E-state index contributed by atoms with van der Waals surface area (Å²) in [7, 11) is 1.70. The van der Waals surface area contributed by atoms with Crippen LogP contribution in [0.15, 0.2) is 83.8 Å². The van der Waals surface area contributed by atoms with E-state index in [0.717, 1.165) is 16.7 Å². The standard InChI is InChI=1S/C22H22N2O2/c1-24-16-17(12-13-22(24)26)15-23-21(25)14-20(18-8-4-2-5-9-18)19-10-6-3-7-11-19/h2-13,16,20H,14-15H2,1H3,(H,23,25). The molecule has 3 aromatic rings. The zero-order chi connectivity index (χ0) is 18.4. The Balaban J connectivity index is 1.71. The fourth-order valence-electron chi connectivity index (χ4n) is 3.01. The summed E-state index contributed by atoms with van der Waals surface area (Å²) >= 11 is 0. The summed E-state index contributed by atoms with van der Waals surface area (Å²) < 4.78 is 1.51. The fraction of sp³-hybridized carbons (Fsp3) is 0.182. The zero-order valence-electron chi connectivity index (χ0n) is 14.8. The highest BCUT2D eigenvalue weighted by Gasteiger charge is 2.17. The highest BCUT2D eigenvalue weighted by atomic mass is 16.1. The van der Waals surface area contributed by atoms with Gasteiger partial charge in [0, 0.05) is 38.2 Å². The van der Waals surface area contributed by atoms with Crippen LogP contribution in [0, 0.1) is 0 Å². The maximum absolute atomic E-state index is 12.5. The monoisotopic (exact) mass is 346 g/mol. The lowest BCUT2D eigenvalue weighted by Gasteiger charge is -2.18. The molecule has 4 heteroatoms. The molecule has 0 radical (unpaired) electrons. The third-order valence-corrected chi connectivity index (χ3v) is 4.43. The van der Waals surface area contributed by atoms with Gasteiger partial charge in [-0.1, -0.05) is 66.7 Å². The minimum absolute atomic E-state index is 0.0116. The summed E-state index contributed by atoms with van der Waals surface area (Å²) in [6.45, 7) is 0.406. The lowest BCUT2D eigenvalue weighted by Crippen LogP contribution is -2.26. The molecule has 0 aliphatic carbocycles. The van der Waals surface area contributed by atoms with Gasteiger partial charge >= 0.3 is 0 Å². The highest BCUT2D eigenvalue weighted by molar-refractivity contribution is 5.77. The molecule has 1 N–H and O–H groups in total. The molecule has 3 rings (SSSR count). The van der Waals surface area contributed by atoms with Gasteiger partial charge < -0.3 is 9.88 Å². The summed E-state index contributed by atoms with van der Waals surface area (Å²) in [4.78, 5) is 24.0. The normalized spacial score (nSPS) is 10.7. The van der Waals surface area contributed by atoms with Gasteiger partial charge in [0.25, 0.3) is 0 Å². The fourth-order valence-corrected chi connectivity index (χ4v) is 3.01. The quantitative estimate of drug-likeness (QED) is 0.745. The molecule has 4 nitrogen and oxygen atoms in total. The van der Waals surface area contributed by atoms with Crippen LogP contribution in [0.5, 0.6) is 0 Å². The van der Waals surface area contributed by atoms with Gasteiger partial charge in [0.2, 0.25) is 11.5 Å². The Bertz CT molecular complexity index is 878. The Morgan fingerprint density at radius 3 is 2.04 bits per heavy atom. The molecule has 26 heavy (non-hydrogen) atoms. The third kappa shape index (κ3) is 4.48. The van der Waals surface area contributed by atoms with E-state index < -0.39 is 0 Å². The van der Waals surface area contributed by atoms with Crippen LogP contribution >= 0.6 is 0 Å². The molecule has 0 aliphatic rings. The molecule has 0 bridgehead atoms. The van der Waals surface area contributed by atoms with E-state index in [1.165, 1.54) is 10.6 Å². The molecule has 1 heterocycles. The van der Waals surface area contributed by atoms with Crippen molar-refractivity contribution < 1.29 is 4.79 Å². The van der Waals surface area contributed by atoms with Gasteiger partial charge in [-0.05, 0) is 16.7 Å². The number of hydrogen-bond acceptors (Lipinski definition) is 2. The molecular weight excluding hydrogens is 324 g/mol. The Morgan fingerprint density at radius 1 is 0.923 bits per heavy atom. The van der Waals surface area contributed by atoms with Crippen molar-refractivity contribution in [2.45, 2.75) is 18.9 Å². The number of pyridine rings is 1. The van der Waals surface area contributed by atoms with Crippen LogP contribution in [0.4, 0.5) is 0 Å². The molecule has 1 amide bonds. The van der Waals surface area contributed by atoms with Gasteiger partial charge in [-0.15, -0.1) is 0 Å². The van der Waals surface area contributed by atoms with E-state index in [2.05, 4.69) is 29.6 Å². The predicted molar refractivity (Wildman–Crippen MR) is 103 cm³/mol. The van der Waals surface area contributed by atoms with E-state index in [9.17, 15) is 9.59 Å². The van der Waals surface area contributed by atoms with Gasteiger partial charge in [-0.3, -0.25) is 9.59 Å². The molecule has 1 aromatic heterocycles. The molecule has 2 aromatic carbocycles. The number of nitrogens with zero attached hydrogens (tertiary/aromatic N) is 1. The topological polar surface area (TPSA) is 51.1 Å². The molecule has 132 valence electrons. The first-order valence-corrected chi connectivity index (χ1v) is 8.65. The maximum atomic E-state index is 12.5. The van der Waals surface area contributed by atoms with E-state index in [1.54, 1.807) is 19.3 Å². The molecule has 0 spiro atoms. The third-order valence-electron chi connectivity index (χ3n) is 4.43. The maximum Gasteiger partial charge on any atom is 0.250 e. The van der Waals surface area contributed by atoms with Crippen LogP contribution in [-0.2, 0) is 18.4 Å². The second kappa shape index (κ2) is 8.30. The number of benzene rings is 2. The number of aromatic nitrogens is 1. The first-order valence-electron chi connectivity index (χ1n) is 8.65. The summed E-state index contributed by atoms with van der Waals surface area (Å²) in [6, 6.07) is 23.4. The number of amides is 1. The lowest BCUT2D eigenvalue weighted by molar-refractivity contribution is -0.121. The smallest absolute Gasteiger partial charge is 0.250 e. The highest BCUT2D eigenvalue weighted by Crippen LogP contribution is 2.27. The Labute approximate surface area is 153 Å². The van der Waals surface area contributed by atoms with Crippen molar-refractivity contribution in [2.75, 3.05) is 0 Å². The minimum Gasteiger partial charge on any atom is -0.352 e. The average molecular weight is 346 g/mol. The summed E-state index contributed by atoms with van der Waals surface area (Å²) in [6.07, 6.45) is 2.12. The van der Waals surface area contributed by atoms with Gasteiger partial charge in [0.05, 0.1) is 0 Å². The Morgan fingerprint density at radius 2 is 1.50 bits per heavy atom. The van der Waals surface area contributed by atoms with Crippen molar-refractivity contribution in [3.05, 3.63) is 106 Å². The van der Waals surface area contributed by atoms with E-state index in [4.69, 9.17) is 0 Å². The van der Waals surface area contributed by atoms with Crippen LogP contribution in [0.3, 0.4) is 0 Å². The van der Waals surface area contributed by atoms with E-state index in [-0.39, 0.29) is 17.4 Å². The number of rotatable bonds is 6. The summed E-state index contributed by atoms with van der Waals surface area (Å²) in [5.41, 5.74) is 3.08. The van der Waals surface area contributed by atoms with Crippen LogP contribution in [0.1, 0.15) is 29.0 Å². The Hall–Kier alpha value is -3.14. The van der Waals surface area contributed by atoms with E-state index in [1.807, 2.05) is 36.4 Å². The van der Waals surface area contributed by atoms with Gasteiger partial charge in [-0.2, -0.15) is 0 Å². The van der Waals surface area contributed by atoms with Crippen molar-refractivity contribution >= 4 is 5.91 Å². The van der Waals surface area contributed by atoms with Crippen molar-refractivity contribution in [1.82, 2.24) is 9.88 Å². The molecule has 0 saturated heterocycles. The molecule has 0 atom stereocenters. The largest absolute Gasteiger partial charge is 0.352 e. The van der Waals surface area contributed by atoms with Crippen LogP contribution in [-0.4, -0.2) is 10.5 Å². The second-order valence-electron chi connectivity index (χ2n) is 6.34. The van der Waals surface area contributed by atoms with Crippen molar-refractivity contribution in [3.8, 4) is 0 Å². The predicted octanol–water partition coefficient (Wildman–Crippen LogP) is 3.22. The molecular formula is C22H22N2O2. The minimum atomic E-state index is -0.0618. The summed E-state index contributed by atoms with van der Waals surface area (Å²) in [5.74, 6) is -0.00547. The van der Waals surface area contributed by atoms with Gasteiger partial charge in [-0.25, -0.2) is 0 Å². The number of nitrogens with one attached hydrogen (secondary N) is 1. The van der Waals surface area contributed by atoms with Crippen LogP contribution < -0.4 is 10.9 Å². The lowest BCUT2D eigenvalue weighted by atomic mass is 9.88. The molecule has 0 saturated carbocycles. The molecule has 0 aliphatic heterocycles. The van der Waals surface area contributed by atoms with E-state index in [0.29, 0.717) is 13.0 Å². The molecule has 0 unspecified atom stereocenters. The van der Waals surface area contributed by atoms with Crippen LogP contribution in [0.25, 0.3) is 0 Å². The van der Waals surface area contributed by atoms with E-state index >= 15 is 0 Å². The van der Waals surface area contributed by atoms with Gasteiger partial charge in [0.15, 0.2) is 0 Å². The number of carbonyl (C=O) groups is 1. The van der Waals surface area contributed by atoms with Crippen molar-refractivity contribution in [2.24, 2.45) is 7.05 Å². The molecule has 0 fully saturated rings. The SMILES string of the molecule is Cn1cc(CNC(=O)CC(c2ccccc2)c2ccccc2)ccc1=O. The summed E-state index contributed by atoms with van der Waals surface area (Å²) in [5, 5.41) is 2.96. The van der Waals surface area contributed by atoms with Crippen LogP contribution in [0.2, 0.25) is 0 Å². The zero-order valence-corrected chi connectivity index (χ0v) is 14.8. The van der Waals surface area contributed by atoms with Crippen molar-refractivity contribution in [3.63, 3.8) is 0 Å². The first-order chi connectivity index (χ1) is 12.6. The van der Waals surface area contributed by atoms with Crippen molar-refractivity contribution in [1.29, 1.82) is 0 Å². The number of carbonyl (C=O) groups excluding carboxylic acids is 1. The second-order valence-corrected chi connectivity index (χ2v) is 6.34. The van der Waals surface area contributed by atoms with Gasteiger partial charge in [0.1, 0.15) is 0 Å². The average Bonchev–Trinajstić information content (AvgIpc) is 2.68. The first kappa shape index (κ1) is 17.7. The number of aryl methyl sites for hydroxylation is 1.